The van der Waals surface area contributed by atoms with Crippen LogP contribution in [0.1, 0.15) is 25.6 Å². The maximum atomic E-state index is 12.2. The highest BCUT2D eigenvalue weighted by Crippen LogP contribution is 2.29. The number of anilines is 1. The van der Waals surface area contributed by atoms with Crippen LogP contribution in [-0.2, 0) is 11.3 Å². The molecule has 6 nitrogen and oxygen atoms in total. The average molecular weight is 303 g/mol. The highest BCUT2D eigenvalue weighted by Gasteiger charge is 2.13. The molecule has 22 heavy (non-hydrogen) atoms. The first-order chi connectivity index (χ1) is 10.5. The van der Waals surface area contributed by atoms with Crippen molar-refractivity contribution >= 4 is 11.6 Å². The van der Waals surface area contributed by atoms with E-state index in [0.717, 1.165) is 5.82 Å². The second-order valence-corrected chi connectivity index (χ2v) is 5.18. The van der Waals surface area contributed by atoms with E-state index in [1.54, 1.807) is 44.8 Å². The van der Waals surface area contributed by atoms with Crippen LogP contribution in [0.5, 0.6) is 11.5 Å². The van der Waals surface area contributed by atoms with Gasteiger partial charge in [-0.05, 0) is 12.1 Å². The monoisotopic (exact) mass is 303 g/mol. The molecule has 0 aliphatic carbocycles. The quantitative estimate of drug-likeness (QED) is 0.891. The van der Waals surface area contributed by atoms with Crippen LogP contribution >= 0.6 is 0 Å². The number of rotatable bonds is 6. The molecule has 0 saturated carbocycles. The van der Waals surface area contributed by atoms with E-state index >= 15 is 0 Å². The number of nitrogens with zero attached hydrogens (tertiary/aromatic N) is 2. The summed E-state index contributed by atoms with van der Waals surface area (Å²) in [6.45, 7) is 4.30. The second kappa shape index (κ2) is 6.98. The Morgan fingerprint density at radius 1 is 1.32 bits per heavy atom. The third-order valence-electron chi connectivity index (χ3n) is 3.26. The number of benzene rings is 1. The van der Waals surface area contributed by atoms with E-state index in [2.05, 4.69) is 10.3 Å². The molecule has 0 aliphatic rings. The molecule has 6 heteroatoms. The third-order valence-corrected chi connectivity index (χ3v) is 3.26. The van der Waals surface area contributed by atoms with Crippen molar-refractivity contribution in [2.45, 2.75) is 26.3 Å². The lowest BCUT2D eigenvalue weighted by Gasteiger charge is -2.13. The van der Waals surface area contributed by atoms with Crippen LogP contribution in [0.15, 0.2) is 30.6 Å². The molecule has 118 valence electrons. The van der Waals surface area contributed by atoms with Crippen LogP contribution in [0.2, 0.25) is 0 Å². The molecule has 0 saturated heterocycles. The summed E-state index contributed by atoms with van der Waals surface area (Å²) in [6, 6.07) is 5.26. The molecule has 1 aromatic heterocycles. The fourth-order valence-electron chi connectivity index (χ4n) is 2.20. The molecule has 0 bridgehead atoms. The van der Waals surface area contributed by atoms with Gasteiger partial charge in [0.05, 0.1) is 19.9 Å². The first kappa shape index (κ1) is 15.9. The topological polar surface area (TPSA) is 65.4 Å². The SMILES string of the molecule is COc1ccc(NC(=O)Cn2ccnc2C(C)C)c(OC)c1. The number of hydrogen-bond acceptors (Lipinski definition) is 4. The van der Waals surface area contributed by atoms with Gasteiger partial charge in [0.1, 0.15) is 23.9 Å². The normalized spacial score (nSPS) is 10.6. The number of carbonyl (C=O) groups is 1. The van der Waals surface area contributed by atoms with E-state index in [1.165, 1.54) is 0 Å². The van der Waals surface area contributed by atoms with Crippen LogP contribution in [0.25, 0.3) is 0 Å². The molecule has 2 rings (SSSR count). The molecule has 1 aromatic carbocycles. The zero-order valence-electron chi connectivity index (χ0n) is 13.3. The standard InChI is InChI=1S/C16H21N3O3/c1-11(2)16-17-7-8-19(16)10-15(20)18-13-6-5-12(21-3)9-14(13)22-4/h5-9,11H,10H2,1-4H3,(H,18,20). The summed E-state index contributed by atoms with van der Waals surface area (Å²) in [5, 5.41) is 2.85. The van der Waals surface area contributed by atoms with Gasteiger partial charge in [0.2, 0.25) is 5.91 Å². The molecular formula is C16H21N3O3. The largest absolute Gasteiger partial charge is 0.497 e. The first-order valence-corrected chi connectivity index (χ1v) is 7.08. The predicted octanol–water partition coefficient (Wildman–Crippen LogP) is 2.66. The number of imidazole rings is 1. The lowest BCUT2D eigenvalue weighted by atomic mass is 10.2. The molecule has 0 radical (unpaired) electrons. The minimum atomic E-state index is -0.136. The van der Waals surface area contributed by atoms with Crippen LogP contribution in [-0.4, -0.2) is 29.7 Å². The first-order valence-electron chi connectivity index (χ1n) is 7.08. The van der Waals surface area contributed by atoms with Crippen molar-refractivity contribution in [1.82, 2.24) is 9.55 Å². The Morgan fingerprint density at radius 2 is 2.09 bits per heavy atom. The van der Waals surface area contributed by atoms with Gasteiger partial charge in [-0.1, -0.05) is 13.8 Å². The lowest BCUT2D eigenvalue weighted by Crippen LogP contribution is -2.20. The minimum Gasteiger partial charge on any atom is -0.497 e. The molecule has 0 aliphatic heterocycles. The second-order valence-electron chi connectivity index (χ2n) is 5.18. The summed E-state index contributed by atoms with van der Waals surface area (Å²) in [5.74, 6) is 2.24. The summed E-state index contributed by atoms with van der Waals surface area (Å²) in [7, 11) is 3.14. The number of hydrogen-bond donors (Lipinski definition) is 1. The number of amides is 1. The molecule has 0 atom stereocenters. The summed E-state index contributed by atoms with van der Waals surface area (Å²) < 4.78 is 12.3. The fourth-order valence-corrected chi connectivity index (χ4v) is 2.20. The van der Waals surface area contributed by atoms with E-state index in [1.807, 2.05) is 18.4 Å². The molecule has 2 aromatic rings. The van der Waals surface area contributed by atoms with Crippen LogP contribution in [0.4, 0.5) is 5.69 Å². The number of carbonyl (C=O) groups excluding carboxylic acids is 1. The number of nitrogens with one attached hydrogen (secondary N) is 1. The summed E-state index contributed by atoms with van der Waals surface area (Å²) in [4.78, 5) is 16.5. The van der Waals surface area contributed by atoms with E-state index in [0.29, 0.717) is 17.2 Å². The van der Waals surface area contributed by atoms with Crippen molar-refractivity contribution in [3.63, 3.8) is 0 Å². The molecule has 0 spiro atoms. The Balaban J connectivity index is 2.10. The van der Waals surface area contributed by atoms with Gasteiger partial charge < -0.3 is 19.4 Å². The van der Waals surface area contributed by atoms with Crippen molar-refractivity contribution in [2.75, 3.05) is 19.5 Å². The fraction of sp³-hybridized carbons (Fsp3) is 0.375. The van der Waals surface area contributed by atoms with Crippen molar-refractivity contribution in [3.8, 4) is 11.5 Å². The van der Waals surface area contributed by atoms with Gasteiger partial charge in [0.25, 0.3) is 0 Å². The van der Waals surface area contributed by atoms with Crippen LogP contribution < -0.4 is 14.8 Å². The van der Waals surface area contributed by atoms with Crippen molar-refractivity contribution < 1.29 is 14.3 Å². The zero-order valence-corrected chi connectivity index (χ0v) is 13.3. The Kier molecular flexibility index (Phi) is 5.04. The highest BCUT2D eigenvalue weighted by atomic mass is 16.5. The Labute approximate surface area is 130 Å². The zero-order chi connectivity index (χ0) is 16.1. The van der Waals surface area contributed by atoms with Crippen LogP contribution in [0.3, 0.4) is 0 Å². The summed E-state index contributed by atoms with van der Waals surface area (Å²) in [5.41, 5.74) is 0.611. The molecule has 1 heterocycles. The van der Waals surface area contributed by atoms with Gasteiger partial charge in [-0.25, -0.2) is 4.98 Å². The van der Waals surface area contributed by atoms with E-state index in [-0.39, 0.29) is 18.4 Å². The molecule has 1 N–H and O–H groups in total. The Bertz CT molecular complexity index is 650. The number of ether oxygens (including phenoxy) is 2. The van der Waals surface area contributed by atoms with Gasteiger partial charge in [-0.3, -0.25) is 4.79 Å². The molecule has 0 fully saturated rings. The number of aromatic nitrogens is 2. The van der Waals surface area contributed by atoms with Crippen molar-refractivity contribution in [1.29, 1.82) is 0 Å². The number of methoxy groups -OCH3 is 2. The highest BCUT2D eigenvalue weighted by molar-refractivity contribution is 5.92. The van der Waals surface area contributed by atoms with E-state index in [9.17, 15) is 4.79 Å². The Morgan fingerprint density at radius 3 is 2.73 bits per heavy atom. The van der Waals surface area contributed by atoms with Crippen molar-refractivity contribution in [3.05, 3.63) is 36.4 Å². The molecule has 0 unspecified atom stereocenters. The average Bonchev–Trinajstić information content (AvgIpc) is 2.95. The van der Waals surface area contributed by atoms with Gasteiger partial charge >= 0.3 is 0 Å². The maximum absolute atomic E-state index is 12.2. The van der Waals surface area contributed by atoms with E-state index in [4.69, 9.17) is 9.47 Å². The van der Waals surface area contributed by atoms with Gasteiger partial charge in [-0.15, -0.1) is 0 Å². The third kappa shape index (κ3) is 3.58. The van der Waals surface area contributed by atoms with Crippen LogP contribution in [0, 0.1) is 0 Å². The molecular weight excluding hydrogens is 282 g/mol. The van der Waals surface area contributed by atoms with Gasteiger partial charge in [0, 0.05) is 24.4 Å². The predicted molar refractivity (Wildman–Crippen MR) is 84.5 cm³/mol. The Hall–Kier alpha value is -2.50. The molecule has 1 amide bonds. The summed E-state index contributed by atoms with van der Waals surface area (Å²) >= 11 is 0. The maximum Gasteiger partial charge on any atom is 0.244 e. The van der Waals surface area contributed by atoms with Gasteiger partial charge in [0.15, 0.2) is 0 Å². The summed E-state index contributed by atoms with van der Waals surface area (Å²) in [6.07, 6.45) is 3.51. The van der Waals surface area contributed by atoms with Crippen molar-refractivity contribution in [2.24, 2.45) is 0 Å². The van der Waals surface area contributed by atoms with E-state index < -0.39 is 0 Å². The van der Waals surface area contributed by atoms with Gasteiger partial charge in [-0.2, -0.15) is 0 Å². The smallest absolute Gasteiger partial charge is 0.244 e. The lowest BCUT2D eigenvalue weighted by molar-refractivity contribution is -0.116. The minimum absolute atomic E-state index is 0.136.